The van der Waals surface area contributed by atoms with Crippen LogP contribution in [0.5, 0.6) is 0 Å². The second-order valence-electron chi connectivity index (χ2n) is 7.78. The van der Waals surface area contributed by atoms with E-state index in [2.05, 4.69) is 15.4 Å². The summed E-state index contributed by atoms with van der Waals surface area (Å²) in [7, 11) is -3.91. The zero-order valence-electron chi connectivity index (χ0n) is 17.1. The number of urea groups is 1. The smallest absolute Gasteiger partial charge is 0.320 e. The van der Waals surface area contributed by atoms with Crippen LogP contribution in [0, 0.1) is 0 Å². The van der Waals surface area contributed by atoms with E-state index >= 15 is 0 Å². The van der Waals surface area contributed by atoms with Crippen molar-refractivity contribution in [1.29, 1.82) is 0 Å². The number of hydrogen-bond donors (Lipinski definition) is 3. The first-order valence-electron chi connectivity index (χ1n) is 9.78. The summed E-state index contributed by atoms with van der Waals surface area (Å²) in [6.45, 7) is 3.65. The number of hydrogen-bond acceptors (Lipinski definition) is 5. The van der Waals surface area contributed by atoms with Crippen molar-refractivity contribution in [3.8, 4) is 0 Å². The SMILES string of the molecule is CC(=O)N1CCCc2cc(S(=O)(=O)Nc3cccc(C4(C)NC(=O)NC4=O)c3)ccc21. The van der Waals surface area contributed by atoms with Gasteiger partial charge in [0.15, 0.2) is 0 Å². The number of nitrogens with zero attached hydrogens (tertiary/aromatic N) is 1. The number of benzene rings is 2. The normalized spacial score (nSPS) is 20.6. The molecule has 0 spiro atoms. The Labute approximate surface area is 179 Å². The highest BCUT2D eigenvalue weighted by molar-refractivity contribution is 7.92. The van der Waals surface area contributed by atoms with Crippen LogP contribution >= 0.6 is 0 Å². The number of carbonyl (C=O) groups excluding carboxylic acids is 3. The van der Waals surface area contributed by atoms with Crippen molar-refractivity contribution < 1.29 is 22.8 Å². The highest BCUT2D eigenvalue weighted by Crippen LogP contribution is 2.31. The molecule has 0 saturated carbocycles. The number of aryl methyl sites for hydroxylation is 1. The standard InChI is InChI=1S/C21H22N4O5S/c1-13(26)25-10-4-5-14-11-17(8-9-18(14)25)31(29,30)24-16-7-3-6-15(12-16)21(2)19(27)22-20(28)23-21/h3,6-9,11-12,24H,4-5,10H2,1-2H3,(H2,22,23,27,28). The molecule has 4 rings (SSSR count). The zero-order chi connectivity index (χ0) is 22.4. The lowest BCUT2D eigenvalue weighted by Gasteiger charge is -2.28. The van der Waals surface area contributed by atoms with E-state index in [1.165, 1.54) is 19.1 Å². The molecule has 1 atom stereocenters. The van der Waals surface area contributed by atoms with Crippen LogP contribution in [0.15, 0.2) is 47.4 Å². The first kappa shape index (κ1) is 20.9. The summed E-state index contributed by atoms with van der Waals surface area (Å²) < 4.78 is 28.5. The molecular weight excluding hydrogens is 420 g/mol. The second-order valence-corrected chi connectivity index (χ2v) is 9.47. The molecule has 31 heavy (non-hydrogen) atoms. The number of anilines is 2. The number of sulfonamides is 1. The Kier molecular flexibility index (Phi) is 4.97. The van der Waals surface area contributed by atoms with Crippen molar-refractivity contribution in [3.05, 3.63) is 53.6 Å². The Morgan fingerprint density at radius 1 is 1.16 bits per heavy atom. The van der Waals surface area contributed by atoms with Gasteiger partial charge in [-0.3, -0.25) is 19.6 Å². The Morgan fingerprint density at radius 3 is 2.61 bits per heavy atom. The summed E-state index contributed by atoms with van der Waals surface area (Å²) in [4.78, 5) is 37.3. The summed E-state index contributed by atoms with van der Waals surface area (Å²) in [6, 6.07) is 10.4. The molecule has 10 heteroatoms. The molecule has 2 aliphatic rings. The Bertz CT molecular complexity index is 1210. The molecule has 2 heterocycles. The fraction of sp³-hybridized carbons (Fsp3) is 0.286. The molecule has 162 valence electrons. The minimum Gasteiger partial charge on any atom is -0.320 e. The van der Waals surface area contributed by atoms with Gasteiger partial charge in [0, 0.05) is 24.8 Å². The molecule has 0 bridgehead atoms. The molecule has 4 amide bonds. The van der Waals surface area contributed by atoms with Crippen LogP contribution < -0.4 is 20.3 Å². The van der Waals surface area contributed by atoms with Gasteiger partial charge >= 0.3 is 6.03 Å². The summed E-state index contributed by atoms with van der Waals surface area (Å²) >= 11 is 0. The van der Waals surface area contributed by atoms with Crippen LogP contribution in [0.1, 0.15) is 31.4 Å². The van der Waals surface area contributed by atoms with Gasteiger partial charge in [-0.15, -0.1) is 0 Å². The largest absolute Gasteiger partial charge is 0.322 e. The van der Waals surface area contributed by atoms with Gasteiger partial charge in [-0.2, -0.15) is 0 Å². The predicted molar refractivity (Wildman–Crippen MR) is 114 cm³/mol. The lowest BCUT2D eigenvalue weighted by atomic mass is 9.92. The minimum atomic E-state index is -3.91. The molecule has 0 aliphatic carbocycles. The molecule has 9 nitrogen and oxygen atoms in total. The molecule has 0 radical (unpaired) electrons. The highest BCUT2D eigenvalue weighted by atomic mass is 32.2. The van der Waals surface area contributed by atoms with E-state index in [4.69, 9.17) is 0 Å². The van der Waals surface area contributed by atoms with E-state index in [1.807, 2.05) is 0 Å². The van der Waals surface area contributed by atoms with E-state index < -0.39 is 27.5 Å². The number of rotatable bonds is 4. The molecule has 1 saturated heterocycles. The van der Waals surface area contributed by atoms with Crippen molar-refractivity contribution in [2.75, 3.05) is 16.2 Å². The van der Waals surface area contributed by atoms with Crippen LogP contribution in [0.3, 0.4) is 0 Å². The number of nitrogens with one attached hydrogen (secondary N) is 3. The van der Waals surface area contributed by atoms with Gasteiger partial charge in [-0.05, 0) is 61.2 Å². The van der Waals surface area contributed by atoms with Gasteiger partial charge in [-0.1, -0.05) is 12.1 Å². The van der Waals surface area contributed by atoms with Gasteiger partial charge in [0.25, 0.3) is 15.9 Å². The predicted octanol–water partition coefficient (Wildman–Crippen LogP) is 1.84. The van der Waals surface area contributed by atoms with E-state index in [1.54, 1.807) is 42.2 Å². The van der Waals surface area contributed by atoms with Gasteiger partial charge in [0.2, 0.25) is 5.91 Å². The van der Waals surface area contributed by atoms with Crippen LogP contribution in [0.4, 0.5) is 16.2 Å². The average Bonchev–Trinajstić information content (AvgIpc) is 2.99. The molecule has 3 N–H and O–H groups in total. The first-order chi connectivity index (χ1) is 14.6. The van der Waals surface area contributed by atoms with Crippen LogP contribution in [-0.2, 0) is 31.6 Å². The Morgan fingerprint density at radius 2 is 1.94 bits per heavy atom. The number of amides is 4. The third kappa shape index (κ3) is 3.74. The summed E-state index contributed by atoms with van der Waals surface area (Å²) in [5.41, 5.74) is 0.946. The summed E-state index contributed by atoms with van der Waals surface area (Å²) in [6.07, 6.45) is 1.45. The van der Waals surface area contributed by atoms with Gasteiger partial charge in [0.05, 0.1) is 4.90 Å². The summed E-state index contributed by atoms with van der Waals surface area (Å²) in [5, 5.41) is 4.74. The van der Waals surface area contributed by atoms with Crippen molar-refractivity contribution in [2.45, 2.75) is 37.1 Å². The fourth-order valence-corrected chi connectivity index (χ4v) is 5.02. The number of carbonyl (C=O) groups is 3. The average molecular weight is 442 g/mol. The van der Waals surface area contributed by atoms with Crippen LogP contribution in [0.2, 0.25) is 0 Å². The Hall–Kier alpha value is -3.40. The minimum absolute atomic E-state index is 0.0805. The molecule has 2 aromatic rings. The lowest BCUT2D eigenvalue weighted by Crippen LogP contribution is -2.40. The van der Waals surface area contributed by atoms with E-state index in [9.17, 15) is 22.8 Å². The fourth-order valence-electron chi connectivity index (χ4n) is 3.92. The van der Waals surface area contributed by atoms with Crippen molar-refractivity contribution in [1.82, 2.24) is 10.6 Å². The quantitative estimate of drug-likeness (QED) is 0.623. The van der Waals surface area contributed by atoms with Crippen LogP contribution in [-0.4, -0.2) is 32.8 Å². The number of imide groups is 1. The number of fused-ring (bicyclic) bond motifs is 1. The molecule has 1 fully saturated rings. The highest BCUT2D eigenvalue weighted by Gasteiger charge is 2.43. The maximum atomic E-state index is 13.0. The van der Waals surface area contributed by atoms with Crippen molar-refractivity contribution in [3.63, 3.8) is 0 Å². The van der Waals surface area contributed by atoms with Gasteiger partial charge in [0.1, 0.15) is 5.54 Å². The van der Waals surface area contributed by atoms with Crippen LogP contribution in [0.25, 0.3) is 0 Å². The van der Waals surface area contributed by atoms with E-state index in [0.717, 1.165) is 17.7 Å². The van der Waals surface area contributed by atoms with Crippen molar-refractivity contribution in [2.24, 2.45) is 0 Å². The van der Waals surface area contributed by atoms with Gasteiger partial charge < -0.3 is 10.2 Å². The monoisotopic (exact) mass is 442 g/mol. The molecule has 1 unspecified atom stereocenters. The molecule has 2 aliphatic heterocycles. The first-order valence-corrected chi connectivity index (χ1v) is 11.3. The molecule has 0 aromatic heterocycles. The zero-order valence-corrected chi connectivity index (χ0v) is 17.9. The van der Waals surface area contributed by atoms with E-state index in [0.29, 0.717) is 18.5 Å². The third-order valence-corrected chi connectivity index (χ3v) is 6.98. The topological polar surface area (TPSA) is 125 Å². The lowest BCUT2D eigenvalue weighted by molar-refractivity contribution is -0.123. The Balaban J connectivity index is 1.62. The van der Waals surface area contributed by atoms with E-state index in [-0.39, 0.29) is 16.5 Å². The maximum absolute atomic E-state index is 13.0. The summed E-state index contributed by atoms with van der Waals surface area (Å²) in [5.74, 6) is -0.592. The van der Waals surface area contributed by atoms with Crippen molar-refractivity contribution >= 4 is 39.2 Å². The van der Waals surface area contributed by atoms with Gasteiger partial charge in [-0.25, -0.2) is 13.2 Å². The second kappa shape index (κ2) is 7.38. The third-order valence-electron chi connectivity index (χ3n) is 5.60. The molecule has 2 aromatic carbocycles. The molecular formula is C21H22N4O5S. The maximum Gasteiger partial charge on any atom is 0.322 e.